The Bertz CT molecular complexity index is 678. The molecule has 0 amide bonds. The highest BCUT2D eigenvalue weighted by atomic mass is 32.1. The van der Waals surface area contributed by atoms with Crippen LogP contribution in [0, 0.1) is 0 Å². The SMILES string of the molecule is CN=C(NCCc1cccs1)N1CCN(c2ccccc2OC)CC1. The van der Waals surface area contributed by atoms with E-state index in [1.807, 2.05) is 30.5 Å². The summed E-state index contributed by atoms with van der Waals surface area (Å²) in [5.74, 6) is 1.94. The summed E-state index contributed by atoms with van der Waals surface area (Å²) < 4.78 is 5.49. The Morgan fingerprint density at radius 3 is 2.64 bits per heavy atom. The third-order valence-corrected chi connectivity index (χ3v) is 5.39. The number of rotatable bonds is 5. The number of nitrogens with zero attached hydrogens (tertiary/aromatic N) is 3. The molecule has 5 nitrogen and oxygen atoms in total. The van der Waals surface area contributed by atoms with Crippen molar-refractivity contribution in [1.29, 1.82) is 0 Å². The Morgan fingerprint density at radius 2 is 1.96 bits per heavy atom. The van der Waals surface area contributed by atoms with Gasteiger partial charge in [-0.2, -0.15) is 0 Å². The van der Waals surface area contributed by atoms with Crippen molar-refractivity contribution in [2.24, 2.45) is 4.99 Å². The van der Waals surface area contributed by atoms with Gasteiger partial charge in [0.2, 0.25) is 0 Å². The number of guanidine groups is 1. The summed E-state index contributed by atoms with van der Waals surface area (Å²) in [5, 5.41) is 5.62. The molecule has 6 heteroatoms. The molecule has 25 heavy (non-hydrogen) atoms. The summed E-state index contributed by atoms with van der Waals surface area (Å²) in [4.78, 5) is 10.6. The molecule has 1 N–H and O–H groups in total. The van der Waals surface area contributed by atoms with E-state index in [1.54, 1.807) is 7.11 Å². The fourth-order valence-electron chi connectivity index (χ4n) is 3.13. The highest BCUT2D eigenvalue weighted by Gasteiger charge is 2.21. The van der Waals surface area contributed by atoms with E-state index in [0.29, 0.717) is 0 Å². The maximum atomic E-state index is 5.49. The van der Waals surface area contributed by atoms with Crippen LogP contribution in [-0.4, -0.2) is 57.7 Å². The number of methoxy groups -OCH3 is 1. The normalized spacial score (nSPS) is 15.4. The van der Waals surface area contributed by atoms with E-state index in [0.717, 1.165) is 50.9 Å². The number of hydrogen-bond donors (Lipinski definition) is 1. The number of aliphatic imine (C=N–C) groups is 1. The fourth-order valence-corrected chi connectivity index (χ4v) is 3.84. The lowest BCUT2D eigenvalue weighted by Gasteiger charge is -2.38. The van der Waals surface area contributed by atoms with E-state index in [9.17, 15) is 0 Å². The monoisotopic (exact) mass is 358 g/mol. The van der Waals surface area contributed by atoms with Gasteiger partial charge in [-0.1, -0.05) is 18.2 Å². The number of hydrogen-bond acceptors (Lipinski definition) is 4. The molecule has 1 aliphatic rings. The lowest BCUT2D eigenvalue weighted by Crippen LogP contribution is -2.52. The van der Waals surface area contributed by atoms with Crippen molar-refractivity contribution in [2.45, 2.75) is 6.42 Å². The topological polar surface area (TPSA) is 40.1 Å². The van der Waals surface area contributed by atoms with Crippen molar-refractivity contribution in [2.75, 3.05) is 51.8 Å². The standard InChI is InChI=1S/C19H26N4OS/c1-20-19(21-10-9-16-6-5-15-25-16)23-13-11-22(12-14-23)17-7-3-4-8-18(17)24-2/h3-8,15H,9-14H2,1-2H3,(H,20,21). The zero-order chi connectivity index (χ0) is 17.5. The van der Waals surface area contributed by atoms with Crippen LogP contribution in [0.1, 0.15) is 4.88 Å². The molecule has 2 aromatic rings. The van der Waals surface area contributed by atoms with Gasteiger partial charge in [-0.25, -0.2) is 0 Å². The van der Waals surface area contributed by atoms with Crippen molar-refractivity contribution in [3.05, 3.63) is 46.7 Å². The van der Waals surface area contributed by atoms with Crippen LogP contribution in [0.5, 0.6) is 5.75 Å². The average Bonchev–Trinajstić information content (AvgIpc) is 3.19. The molecule has 0 saturated carbocycles. The predicted octanol–water partition coefficient (Wildman–Crippen LogP) is 2.70. The van der Waals surface area contributed by atoms with Gasteiger partial charge in [0.25, 0.3) is 0 Å². The minimum atomic E-state index is 0.917. The van der Waals surface area contributed by atoms with Crippen molar-refractivity contribution in [3.8, 4) is 5.75 Å². The van der Waals surface area contributed by atoms with Gasteiger partial charge in [0, 0.05) is 44.6 Å². The molecule has 134 valence electrons. The molecule has 1 aromatic carbocycles. The van der Waals surface area contributed by atoms with Gasteiger partial charge >= 0.3 is 0 Å². The van der Waals surface area contributed by atoms with Crippen LogP contribution in [-0.2, 0) is 6.42 Å². The number of piperazine rings is 1. The van der Waals surface area contributed by atoms with Crippen molar-refractivity contribution in [1.82, 2.24) is 10.2 Å². The van der Waals surface area contributed by atoms with Crippen LogP contribution in [0.4, 0.5) is 5.69 Å². The van der Waals surface area contributed by atoms with Crippen LogP contribution in [0.3, 0.4) is 0 Å². The predicted molar refractivity (Wildman–Crippen MR) is 106 cm³/mol. The number of anilines is 1. The van der Waals surface area contributed by atoms with Crippen LogP contribution in [0.15, 0.2) is 46.8 Å². The van der Waals surface area contributed by atoms with E-state index in [-0.39, 0.29) is 0 Å². The number of ether oxygens (including phenoxy) is 1. The van der Waals surface area contributed by atoms with Gasteiger partial charge in [0.05, 0.1) is 12.8 Å². The first-order valence-electron chi connectivity index (χ1n) is 8.67. The van der Waals surface area contributed by atoms with Gasteiger partial charge < -0.3 is 19.9 Å². The first-order chi connectivity index (χ1) is 12.3. The highest BCUT2D eigenvalue weighted by Crippen LogP contribution is 2.28. The highest BCUT2D eigenvalue weighted by molar-refractivity contribution is 7.09. The number of thiophene rings is 1. The first kappa shape index (κ1) is 17.6. The summed E-state index contributed by atoms with van der Waals surface area (Å²) >= 11 is 1.81. The molecule has 0 atom stereocenters. The molecular formula is C19H26N4OS. The lowest BCUT2D eigenvalue weighted by atomic mass is 10.2. The maximum absolute atomic E-state index is 5.49. The van der Waals surface area contributed by atoms with E-state index >= 15 is 0 Å². The molecule has 0 radical (unpaired) electrons. The Kier molecular flexibility index (Phi) is 6.17. The van der Waals surface area contributed by atoms with Crippen LogP contribution in [0.2, 0.25) is 0 Å². The van der Waals surface area contributed by atoms with Crippen LogP contribution >= 0.6 is 11.3 Å². The van der Waals surface area contributed by atoms with Crippen molar-refractivity contribution < 1.29 is 4.74 Å². The Morgan fingerprint density at radius 1 is 1.16 bits per heavy atom. The molecule has 0 unspecified atom stereocenters. The molecule has 0 bridgehead atoms. The summed E-state index contributed by atoms with van der Waals surface area (Å²) in [5.41, 5.74) is 1.17. The molecule has 0 aliphatic carbocycles. The largest absolute Gasteiger partial charge is 0.495 e. The first-order valence-corrected chi connectivity index (χ1v) is 9.55. The third-order valence-electron chi connectivity index (χ3n) is 4.45. The smallest absolute Gasteiger partial charge is 0.193 e. The second kappa shape index (κ2) is 8.76. The number of nitrogens with one attached hydrogen (secondary N) is 1. The van der Waals surface area contributed by atoms with E-state index in [1.165, 1.54) is 10.6 Å². The van der Waals surface area contributed by atoms with Gasteiger partial charge in [0.1, 0.15) is 5.75 Å². The van der Waals surface area contributed by atoms with Gasteiger partial charge in [-0.15, -0.1) is 11.3 Å². The minimum absolute atomic E-state index is 0.917. The van der Waals surface area contributed by atoms with E-state index in [2.05, 4.69) is 49.8 Å². The summed E-state index contributed by atoms with van der Waals surface area (Å²) in [6, 6.07) is 12.5. The van der Waals surface area contributed by atoms with Gasteiger partial charge in [-0.3, -0.25) is 4.99 Å². The Balaban J connectivity index is 1.51. The molecule has 0 spiro atoms. The molecule has 2 heterocycles. The molecule has 1 aliphatic heterocycles. The maximum Gasteiger partial charge on any atom is 0.193 e. The Hall–Kier alpha value is -2.21. The quantitative estimate of drug-likeness (QED) is 0.659. The van der Waals surface area contributed by atoms with Gasteiger partial charge in [0.15, 0.2) is 5.96 Å². The summed E-state index contributed by atoms with van der Waals surface area (Å²) in [6.07, 6.45) is 1.04. The third kappa shape index (κ3) is 4.45. The average molecular weight is 359 g/mol. The van der Waals surface area contributed by atoms with Crippen molar-refractivity contribution >= 4 is 23.0 Å². The van der Waals surface area contributed by atoms with E-state index in [4.69, 9.17) is 4.74 Å². The van der Waals surface area contributed by atoms with Crippen LogP contribution in [0.25, 0.3) is 0 Å². The fraction of sp³-hybridized carbons (Fsp3) is 0.421. The zero-order valence-corrected chi connectivity index (χ0v) is 15.8. The molecule has 1 fully saturated rings. The Labute approximate surface area is 153 Å². The lowest BCUT2D eigenvalue weighted by molar-refractivity contribution is 0.367. The second-order valence-electron chi connectivity index (χ2n) is 5.95. The molecular weight excluding hydrogens is 332 g/mol. The van der Waals surface area contributed by atoms with Gasteiger partial charge in [-0.05, 0) is 30.0 Å². The summed E-state index contributed by atoms with van der Waals surface area (Å²) in [6.45, 7) is 4.76. The minimum Gasteiger partial charge on any atom is -0.495 e. The summed E-state index contributed by atoms with van der Waals surface area (Å²) in [7, 11) is 3.59. The molecule has 1 saturated heterocycles. The van der Waals surface area contributed by atoms with Crippen molar-refractivity contribution in [3.63, 3.8) is 0 Å². The second-order valence-corrected chi connectivity index (χ2v) is 6.98. The number of para-hydroxylation sites is 2. The zero-order valence-electron chi connectivity index (χ0n) is 14.9. The molecule has 1 aromatic heterocycles. The van der Waals surface area contributed by atoms with Crippen LogP contribution < -0.4 is 15.0 Å². The number of benzene rings is 1. The van der Waals surface area contributed by atoms with E-state index < -0.39 is 0 Å². The molecule has 3 rings (SSSR count).